The maximum atomic E-state index is 12.8. The number of aryl methyl sites for hydroxylation is 1. The molecule has 33 heavy (non-hydrogen) atoms. The molecule has 3 rings (SSSR count). The molecular formula is C25H19Br2IN2O3. The Balaban J connectivity index is 1.85. The molecule has 0 bridgehead atoms. The second kappa shape index (κ2) is 11.7. The first-order valence-corrected chi connectivity index (χ1v) is 12.4. The maximum absolute atomic E-state index is 12.8. The Morgan fingerprint density at radius 1 is 1.15 bits per heavy atom. The van der Waals surface area contributed by atoms with Gasteiger partial charge in [0.25, 0.3) is 5.91 Å². The maximum Gasteiger partial charge on any atom is 0.266 e. The van der Waals surface area contributed by atoms with E-state index in [1.54, 1.807) is 13.2 Å². The van der Waals surface area contributed by atoms with Crippen LogP contribution in [-0.4, -0.2) is 13.0 Å². The molecule has 0 aliphatic rings. The molecule has 3 aromatic rings. The summed E-state index contributed by atoms with van der Waals surface area (Å²) >= 11 is 9.06. The first-order valence-electron chi connectivity index (χ1n) is 9.75. The molecule has 0 saturated heterocycles. The van der Waals surface area contributed by atoms with Gasteiger partial charge in [0, 0.05) is 8.95 Å². The highest BCUT2D eigenvalue weighted by Crippen LogP contribution is 2.36. The Labute approximate surface area is 223 Å². The number of nitriles is 1. The van der Waals surface area contributed by atoms with Gasteiger partial charge in [-0.2, -0.15) is 5.26 Å². The van der Waals surface area contributed by atoms with Crippen LogP contribution < -0.4 is 14.8 Å². The Bertz CT molecular complexity index is 1230. The van der Waals surface area contributed by atoms with Gasteiger partial charge in [-0.25, -0.2) is 0 Å². The van der Waals surface area contributed by atoms with E-state index in [0.717, 1.165) is 23.6 Å². The van der Waals surface area contributed by atoms with Crippen molar-refractivity contribution in [3.05, 3.63) is 89.4 Å². The third kappa shape index (κ3) is 6.59. The predicted molar refractivity (Wildman–Crippen MR) is 145 cm³/mol. The quantitative estimate of drug-likeness (QED) is 0.162. The summed E-state index contributed by atoms with van der Waals surface area (Å²) in [5, 5.41) is 12.4. The van der Waals surface area contributed by atoms with Crippen LogP contribution in [0, 0.1) is 21.8 Å². The molecular weight excluding hydrogens is 663 g/mol. The molecule has 0 heterocycles. The van der Waals surface area contributed by atoms with Crippen molar-refractivity contribution in [3.8, 4) is 17.6 Å². The number of carbonyl (C=O) groups excluding carboxylic acids is 1. The molecule has 168 valence electrons. The minimum Gasteiger partial charge on any atom is -0.493 e. The van der Waals surface area contributed by atoms with Gasteiger partial charge in [-0.1, -0.05) is 30.3 Å². The summed E-state index contributed by atoms with van der Waals surface area (Å²) in [6.07, 6.45) is 1.52. The fourth-order valence-corrected chi connectivity index (χ4v) is 5.40. The summed E-state index contributed by atoms with van der Waals surface area (Å²) < 4.78 is 13.7. The molecule has 0 saturated carbocycles. The first-order chi connectivity index (χ1) is 15.8. The van der Waals surface area contributed by atoms with Crippen LogP contribution in [0.25, 0.3) is 6.08 Å². The van der Waals surface area contributed by atoms with Crippen molar-refractivity contribution in [2.24, 2.45) is 0 Å². The molecule has 0 unspecified atom stereocenters. The summed E-state index contributed by atoms with van der Waals surface area (Å²) in [6, 6.07) is 19.2. The van der Waals surface area contributed by atoms with E-state index in [1.807, 2.05) is 61.5 Å². The molecule has 0 aliphatic heterocycles. The third-order valence-corrected chi connectivity index (χ3v) is 6.63. The summed E-state index contributed by atoms with van der Waals surface area (Å²) in [6.45, 7) is 2.35. The summed E-state index contributed by atoms with van der Waals surface area (Å²) in [4.78, 5) is 12.8. The number of nitrogens with one attached hydrogen (secondary N) is 1. The van der Waals surface area contributed by atoms with Gasteiger partial charge in [-0.3, -0.25) is 4.79 Å². The zero-order chi connectivity index (χ0) is 24.0. The monoisotopic (exact) mass is 680 g/mol. The van der Waals surface area contributed by atoms with Gasteiger partial charge in [0.15, 0.2) is 11.5 Å². The molecule has 0 aliphatic carbocycles. The number of methoxy groups -OCH3 is 1. The minimum absolute atomic E-state index is 0.0369. The molecule has 8 heteroatoms. The van der Waals surface area contributed by atoms with Crippen LogP contribution in [0.15, 0.2) is 69.1 Å². The molecule has 1 N–H and O–H groups in total. The van der Waals surface area contributed by atoms with E-state index in [2.05, 4.69) is 59.8 Å². The van der Waals surface area contributed by atoms with Crippen LogP contribution in [0.4, 0.5) is 5.69 Å². The number of hydrogen-bond acceptors (Lipinski definition) is 4. The van der Waals surface area contributed by atoms with Gasteiger partial charge >= 0.3 is 0 Å². The van der Waals surface area contributed by atoms with E-state index < -0.39 is 5.91 Å². The lowest BCUT2D eigenvalue weighted by molar-refractivity contribution is -0.112. The number of nitrogens with zero attached hydrogens (tertiary/aromatic N) is 1. The van der Waals surface area contributed by atoms with E-state index in [4.69, 9.17) is 9.47 Å². The Morgan fingerprint density at radius 2 is 1.82 bits per heavy atom. The average molecular weight is 682 g/mol. The molecule has 0 fully saturated rings. The number of benzene rings is 3. The molecule has 0 spiro atoms. The van der Waals surface area contributed by atoms with Crippen LogP contribution in [0.3, 0.4) is 0 Å². The second-order valence-electron chi connectivity index (χ2n) is 7.04. The largest absolute Gasteiger partial charge is 0.493 e. The van der Waals surface area contributed by atoms with E-state index in [1.165, 1.54) is 6.08 Å². The third-order valence-electron chi connectivity index (χ3n) is 4.58. The summed E-state index contributed by atoms with van der Waals surface area (Å²) in [5.41, 5.74) is 3.24. The molecule has 3 aromatic carbocycles. The average Bonchev–Trinajstić information content (AvgIpc) is 2.79. The van der Waals surface area contributed by atoms with E-state index in [-0.39, 0.29) is 5.57 Å². The number of rotatable bonds is 7. The molecule has 0 aromatic heterocycles. The normalized spacial score (nSPS) is 11.0. The van der Waals surface area contributed by atoms with Crippen LogP contribution in [0.5, 0.6) is 11.5 Å². The number of halogens is 3. The zero-order valence-corrected chi connectivity index (χ0v) is 23.1. The summed E-state index contributed by atoms with van der Waals surface area (Å²) in [5.74, 6) is 0.613. The lowest BCUT2D eigenvalue weighted by Crippen LogP contribution is -2.14. The van der Waals surface area contributed by atoms with Crippen LogP contribution >= 0.6 is 54.5 Å². The van der Waals surface area contributed by atoms with Crippen molar-refractivity contribution in [2.75, 3.05) is 12.4 Å². The molecule has 1 amide bonds. The number of ether oxygens (including phenoxy) is 2. The predicted octanol–water partition coefficient (Wildman–Crippen LogP) is 7.26. The molecule has 0 atom stereocenters. The van der Waals surface area contributed by atoms with Crippen molar-refractivity contribution in [1.82, 2.24) is 0 Å². The number of carbonyl (C=O) groups is 1. The van der Waals surface area contributed by atoms with Gasteiger partial charge in [0.2, 0.25) is 0 Å². The van der Waals surface area contributed by atoms with Gasteiger partial charge in [-0.15, -0.1) is 0 Å². The minimum atomic E-state index is -0.513. The van der Waals surface area contributed by atoms with Crippen molar-refractivity contribution in [3.63, 3.8) is 0 Å². The van der Waals surface area contributed by atoms with Crippen LogP contribution in [-0.2, 0) is 11.4 Å². The smallest absolute Gasteiger partial charge is 0.266 e. The van der Waals surface area contributed by atoms with Crippen LogP contribution in [0.2, 0.25) is 0 Å². The Hall–Kier alpha value is -2.35. The highest BCUT2D eigenvalue weighted by Gasteiger charge is 2.16. The Kier molecular flexibility index (Phi) is 8.95. The fraction of sp³-hybridized carbons (Fsp3) is 0.120. The highest BCUT2D eigenvalue weighted by molar-refractivity contribution is 14.1. The summed E-state index contributed by atoms with van der Waals surface area (Å²) in [7, 11) is 1.55. The molecule has 5 nitrogen and oxygen atoms in total. The lowest BCUT2D eigenvalue weighted by Gasteiger charge is -2.14. The first kappa shape index (κ1) is 25.3. The van der Waals surface area contributed by atoms with Gasteiger partial charge in [0.05, 0.1) is 16.4 Å². The Morgan fingerprint density at radius 3 is 2.42 bits per heavy atom. The zero-order valence-electron chi connectivity index (χ0n) is 17.8. The SMILES string of the molecule is COc1cc(/C=C(\C#N)C(=O)Nc2c(Br)cc(C)cc2Br)cc(I)c1OCc1ccccc1. The van der Waals surface area contributed by atoms with Gasteiger partial charge < -0.3 is 14.8 Å². The van der Waals surface area contributed by atoms with Gasteiger partial charge in [-0.05, 0) is 108 Å². The van der Waals surface area contributed by atoms with E-state index in [9.17, 15) is 10.1 Å². The van der Waals surface area contributed by atoms with Gasteiger partial charge in [0.1, 0.15) is 18.2 Å². The number of anilines is 1. The van der Waals surface area contributed by atoms with Crippen molar-refractivity contribution < 1.29 is 14.3 Å². The lowest BCUT2D eigenvalue weighted by atomic mass is 10.1. The van der Waals surface area contributed by atoms with E-state index >= 15 is 0 Å². The number of hydrogen-bond donors (Lipinski definition) is 1. The highest BCUT2D eigenvalue weighted by atomic mass is 127. The topological polar surface area (TPSA) is 71.3 Å². The van der Waals surface area contributed by atoms with Crippen LogP contribution in [0.1, 0.15) is 16.7 Å². The van der Waals surface area contributed by atoms with Crippen molar-refractivity contribution in [1.29, 1.82) is 5.26 Å². The van der Waals surface area contributed by atoms with Crippen molar-refractivity contribution >= 4 is 72.1 Å². The van der Waals surface area contributed by atoms with Crippen molar-refractivity contribution in [2.45, 2.75) is 13.5 Å². The van der Waals surface area contributed by atoms with E-state index in [0.29, 0.717) is 29.4 Å². The second-order valence-corrected chi connectivity index (χ2v) is 9.91. The standard InChI is InChI=1S/C25H19Br2IN2O3/c1-15-8-19(26)23(20(27)9-15)30-25(31)18(13-29)10-17-11-21(28)24(22(12-17)32-2)33-14-16-6-4-3-5-7-16/h3-12H,14H2,1-2H3,(H,30,31)/b18-10+. The number of amides is 1. The molecule has 0 radical (unpaired) electrons. The fourth-order valence-electron chi connectivity index (χ4n) is 3.01.